The highest BCUT2D eigenvalue weighted by atomic mass is 32.2. The van der Waals surface area contributed by atoms with Gasteiger partial charge in [0.2, 0.25) is 10.9 Å². The molecule has 0 fully saturated rings. The molecular weight excluding hydrogens is 389 g/mol. The van der Waals surface area contributed by atoms with Crippen LogP contribution in [0.15, 0.2) is 53.7 Å². The summed E-state index contributed by atoms with van der Waals surface area (Å²) >= 11 is 2.74. The number of carbonyl (C=O) groups excluding carboxylic acids is 2. The van der Waals surface area contributed by atoms with E-state index in [-0.39, 0.29) is 11.3 Å². The first-order valence-corrected chi connectivity index (χ1v) is 9.62. The third kappa shape index (κ3) is 3.62. The van der Waals surface area contributed by atoms with Gasteiger partial charge in [0.05, 0.1) is 16.0 Å². The van der Waals surface area contributed by atoms with Gasteiger partial charge in [0.1, 0.15) is 5.82 Å². The molecule has 7 nitrogen and oxygen atoms in total. The fourth-order valence-electron chi connectivity index (χ4n) is 2.42. The number of nitrogens with zero attached hydrogens (tertiary/aromatic N) is 3. The van der Waals surface area contributed by atoms with Crippen molar-refractivity contribution in [2.24, 2.45) is 0 Å². The Morgan fingerprint density at radius 2 is 1.85 bits per heavy atom. The first-order valence-electron chi connectivity index (χ1n) is 7.82. The van der Waals surface area contributed by atoms with Crippen LogP contribution in [0.2, 0.25) is 0 Å². The number of halogens is 1. The van der Waals surface area contributed by atoms with Crippen molar-refractivity contribution in [2.45, 2.75) is 5.16 Å². The minimum Gasteiger partial charge on any atom is -0.272 e. The average molecular weight is 401 g/mol. The van der Waals surface area contributed by atoms with Crippen molar-refractivity contribution in [3.8, 4) is 0 Å². The maximum atomic E-state index is 12.9. The number of hydrogen-bond donors (Lipinski definition) is 2. The largest absolute Gasteiger partial charge is 0.272 e. The van der Waals surface area contributed by atoms with E-state index in [1.165, 1.54) is 47.4 Å². The number of carbonyl (C=O) groups is 2. The van der Waals surface area contributed by atoms with Crippen LogP contribution in [-0.4, -0.2) is 32.2 Å². The highest BCUT2D eigenvalue weighted by Crippen LogP contribution is 2.29. The van der Waals surface area contributed by atoms with E-state index in [2.05, 4.69) is 21.0 Å². The SMILES string of the molecule is O=C(CSc1nnc2sc3ccccc3n12)NNC(=O)c1ccc(F)cc1. The number of amides is 2. The maximum Gasteiger partial charge on any atom is 0.269 e. The Balaban J connectivity index is 1.37. The Hall–Kier alpha value is -2.98. The molecule has 0 saturated carbocycles. The molecule has 0 atom stereocenters. The Labute approximate surface area is 160 Å². The van der Waals surface area contributed by atoms with E-state index < -0.39 is 17.6 Å². The molecule has 0 aliphatic heterocycles. The molecule has 27 heavy (non-hydrogen) atoms. The summed E-state index contributed by atoms with van der Waals surface area (Å²) in [5, 5.41) is 8.84. The fourth-order valence-corrected chi connectivity index (χ4v) is 4.18. The van der Waals surface area contributed by atoms with E-state index in [4.69, 9.17) is 0 Å². The minimum atomic E-state index is -0.526. The van der Waals surface area contributed by atoms with Gasteiger partial charge in [0, 0.05) is 5.56 Å². The summed E-state index contributed by atoms with van der Waals surface area (Å²) in [6.45, 7) is 0. The van der Waals surface area contributed by atoms with Gasteiger partial charge in [-0.15, -0.1) is 10.2 Å². The van der Waals surface area contributed by atoms with E-state index in [0.29, 0.717) is 5.16 Å². The number of benzene rings is 2. The second-order valence-electron chi connectivity index (χ2n) is 5.47. The van der Waals surface area contributed by atoms with Crippen LogP contribution in [0.4, 0.5) is 4.39 Å². The number of nitrogens with one attached hydrogen (secondary N) is 2. The standard InChI is InChI=1S/C17H12FN5O2S2/c18-11-7-5-10(6-8-11)15(25)20-19-14(24)9-26-16-21-22-17-23(16)12-3-1-2-4-13(12)27-17/h1-8H,9H2,(H,19,24)(H,20,25). The molecular formula is C17H12FN5O2S2. The average Bonchev–Trinajstić information content (AvgIpc) is 3.24. The van der Waals surface area contributed by atoms with Gasteiger partial charge in [0.25, 0.3) is 5.91 Å². The molecule has 2 amide bonds. The second-order valence-corrected chi connectivity index (χ2v) is 7.42. The monoisotopic (exact) mass is 401 g/mol. The molecule has 2 aromatic carbocycles. The minimum absolute atomic E-state index is 0.0503. The zero-order chi connectivity index (χ0) is 18.8. The van der Waals surface area contributed by atoms with E-state index in [9.17, 15) is 14.0 Å². The topological polar surface area (TPSA) is 88.4 Å². The molecule has 0 unspecified atom stereocenters. The molecule has 0 aliphatic carbocycles. The molecule has 4 rings (SSSR count). The lowest BCUT2D eigenvalue weighted by Gasteiger charge is -2.06. The Morgan fingerprint density at radius 1 is 1.07 bits per heavy atom. The summed E-state index contributed by atoms with van der Waals surface area (Å²) in [5.41, 5.74) is 5.85. The van der Waals surface area contributed by atoms with Crippen molar-refractivity contribution in [1.29, 1.82) is 0 Å². The normalized spacial score (nSPS) is 11.0. The van der Waals surface area contributed by atoms with Crippen LogP contribution in [0.25, 0.3) is 15.2 Å². The number of para-hydroxylation sites is 1. The summed E-state index contributed by atoms with van der Waals surface area (Å²) in [4.78, 5) is 24.7. The predicted octanol–water partition coefficient (Wildman–Crippen LogP) is 2.64. The molecule has 2 aromatic heterocycles. The third-order valence-corrected chi connectivity index (χ3v) is 5.61. The lowest BCUT2D eigenvalue weighted by molar-refractivity contribution is -0.119. The van der Waals surface area contributed by atoms with Crippen LogP contribution in [0.5, 0.6) is 0 Å². The number of thioether (sulfide) groups is 1. The van der Waals surface area contributed by atoms with E-state index >= 15 is 0 Å². The van der Waals surface area contributed by atoms with Gasteiger partial charge in [-0.2, -0.15) is 0 Å². The van der Waals surface area contributed by atoms with Crippen LogP contribution < -0.4 is 10.9 Å². The van der Waals surface area contributed by atoms with Gasteiger partial charge in [0.15, 0.2) is 5.16 Å². The van der Waals surface area contributed by atoms with E-state index in [0.717, 1.165) is 15.2 Å². The van der Waals surface area contributed by atoms with Crippen molar-refractivity contribution in [1.82, 2.24) is 25.4 Å². The Kier molecular flexibility index (Phi) is 4.73. The van der Waals surface area contributed by atoms with Gasteiger partial charge >= 0.3 is 0 Å². The highest BCUT2D eigenvalue weighted by Gasteiger charge is 2.14. The number of rotatable bonds is 4. The number of thiazole rings is 1. The first-order chi connectivity index (χ1) is 13.1. The molecule has 0 saturated heterocycles. The molecule has 4 aromatic rings. The summed E-state index contributed by atoms with van der Waals surface area (Å²) in [7, 11) is 0. The van der Waals surface area contributed by atoms with Gasteiger partial charge in [-0.05, 0) is 36.4 Å². The van der Waals surface area contributed by atoms with Crippen LogP contribution in [-0.2, 0) is 4.79 Å². The smallest absolute Gasteiger partial charge is 0.269 e. The van der Waals surface area contributed by atoms with Gasteiger partial charge in [-0.1, -0.05) is 35.2 Å². The van der Waals surface area contributed by atoms with Crippen LogP contribution in [0, 0.1) is 5.82 Å². The third-order valence-electron chi connectivity index (χ3n) is 3.67. The second kappa shape index (κ2) is 7.33. The molecule has 136 valence electrons. The highest BCUT2D eigenvalue weighted by molar-refractivity contribution is 7.99. The van der Waals surface area contributed by atoms with Gasteiger partial charge in [-0.25, -0.2) is 4.39 Å². The molecule has 0 aliphatic rings. The van der Waals surface area contributed by atoms with E-state index in [1.807, 2.05) is 28.7 Å². The summed E-state index contributed by atoms with van der Waals surface area (Å²) in [5.74, 6) is -1.31. The van der Waals surface area contributed by atoms with Crippen molar-refractivity contribution in [3.05, 3.63) is 59.9 Å². The van der Waals surface area contributed by atoms with Crippen molar-refractivity contribution in [2.75, 3.05) is 5.75 Å². The molecule has 2 N–H and O–H groups in total. The quantitative estimate of drug-likeness (QED) is 0.405. The fraction of sp³-hybridized carbons (Fsp3) is 0.0588. The molecule has 0 bridgehead atoms. The van der Waals surface area contributed by atoms with Gasteiger partial charge in [-0.3, -0.25) is 24.8 Å². The number of aromatic nitrogens is 3. The van der Waals surface area contributed by atoms with Crippen LogP contribution in [0.3, 0.4) is 0 Å². The van der Waals surface area contributed by atoms with Crippen molar-refractivity contribution in [3.63, 3.8) is 0 Å². The van der Waals surface area contributed by atoms with E-state index in [1.54, 1.807) is 0 Å². The zero-order valence-electron chi connectivity index (χ0n) is 13.7. The molecule has 0 radical (unpaired) electrons. The molecule has 0 spiro atoms. The number of hydrazine groups is 1. The zero-order valence-corrected chi connectivity index (χ0v) is 15.3. The lowest BCUT2D eigenvalue weighted by atomic mass is 10.2. The lowest BCUT2D eigenvalue weighted by Crippen LogP contribution is -2.42. The van der Waals surface area contributed by atoms with Crippen LogP contribution >= 0.6 is 23.1 Å². The Morgan fingerprint density at radius 3 is 2.67 bits per heavy atom. The predicted molar refractivity (Wildman–Crippen MR) is 101 cm³/mol. The summed E-state index contributed by atoms with van der Waals surface area (Å²) in [6.07, 6.45) is 0. The number of hydrogen-bond acceptors (Lipinski definition) is 6. The summed E-state index contributed by atoms with van der Waals surface area (Å²) in [6, 6.07) is 12.9. The van der Waals surface area contributed by atoms with Gasteiger partial charge < -0.3 is 0 Å². The Bertz CT molecular complexity index is 1140. The summed E-state index contributed by atoms with van der Waals surface area (Å²) < 4.78 is 15.8. The van der Waals surface area contributed by atoms with Crippen molar-refractivity contribution >= 4 is 50.1 Å². The molecule has 2 heterocycles. The van der Waals surface area contributed by atoms with Crippen molar-refractivity contribution < 1.29 is 14.0 Å². The molecule has 10 heteroatoms. The maximum absolute atomic E-state index is 12.9. The number of fused-ring (bicyclic) bond motifs is 3. The first kappa shape index (κ1) is 17.4. The van der Waals surface area contributed by atoms with Crippen LogP contribution in [0.1, 0.15) is 10.4 Å².